The highest BCUT2D eigenvalue weighted by atomic mass is 16.4. The topological polar surface area (TPSA) is 434 Å². The SMILES string of the molecule is CCC(C)(C)C(=O)NCCCCC(NC(=O)CNC(=O)C(CCCN=C(N)N)NC(=O)C(CCCN=C(N)N)NC(=O)C(CCCN=C(N)N)NC(=O)CNC(=O)C(C)(C)CC)C(=O)O. The van der Waals surface area contributed by atoms with Crippen molar-refractivity contribution in [1.82, 2.24) is 37.2 Å². The van der Waals surface area contributed by atoms with E-state index in [-0.39, 0.29) is 94.3 Å². The predicted octanol–water partition coefficient (Wildman–Crippen LogP) is -3.44. The number of unbranched alkanes of at least 4 members (excludes halogenated alkanes) is 1. The average Bonchev–Trinajstić information content (AvgIpc) is 3.23. The summed E-state index contributed by atoms with van der Waals surface area (Å²) in [5.41, 5.74) is 31.4. The Morgan fingerprint density at radius 1 is 0.477 bits per heavy atom. The number of nitrogens with two attached hydrogens (primary N) is 6. The lowest BCUT2D eigenvalue weighted by atomic mass is 9.89. The Kier molecular flexibility index (Phi) is 27.6. The van der Waals surface area contributed by atoms with Crippen LogP contribution in [0.3, 0.4) is 0 Å². The van der Waals surface area contributed by atoms with Crippen molar-refractivity contribution >= 4 is 65.2 Å². The molecule has 0 aliphatic carbocycles. The van der Waals surface area contributed by atoms with Gasteiger partial charge >= 0.3 is 5.97 Å². The van der Waals surface area contributed by atoms with Crippen LogP contribution >= 0.6 is 0 Å². The van der Waals surface area contributed by atoms with Gasteiger partial charge in [-0.05, 0) is 70.6 Å². The molecule has 0 heterocycles. The molecule has 20 N–H and O–H groups in total. The normalized spacial score (nSPS) is 13.0. The minimum absolute atomic E-state index is 0.0153. The summed E-state index contributed by atoms with van der Waals surface area (Å²) in [5, 5.41) is 27.7. The molecule has 4 unspecified atom stereocenters. The molecule has 4 atom stereocenters. The molecule has 0 bridgehead atoms. The van der Waals surface area contributed by atoms with Crippen LogP contribution in [0.4, 0.5) is 0 Å². The van der Waals surface area contributed by atoms with Crippen LogP contribution in [-0.4, -0.2) is 134 Å². The van der Waals surface area contributed by atoms with Crippen LogP contribution in [-0.2, 0) is 38.4 Å². The first-order chi connectivity index (χ1) is 30.4. The van der Waals surface area contributed by atoms with Crippen molar-refractivity contribution < 1.29 is 43.5 Å². The molecular weight excluding hydrogens is 849 g/mol. The van der Waals surface area contributed by atoms with E-state index in [0.29, 0.717) is 32.2 Å². The highest BCUT2D eigenvalue weighted by molar-refractivity contribution is 5.96. The molecule has 0 fully saturated rings. The molecule has 25 nitrogen and oxygen atoms in total. The van der Waals surface area contributed by atoms with Gasteiger partial charge in [-0.2, -0.15) is 0 Å². The van der Waals surface area contributed by atoms with Gasteiger partial charge in [0.05, 0.1) is 13.1 Å². The van der Waals surface area contributed by atoms with Crippen molar-refractivity contribution in [2.45, 2.75) is 136 Å². The van der Waals surface area contributed by atoms with Crippen LogP contribution in [0.15, 0.2) is 15.0 Å². The molecule has 0 aromatic rings. The molecule has 0 saturated carbocycles. The van der Waals surface area contributed by atoms with Gasteiger partial charge in [-0.25, -0.2) is 4.79 Å². The first kappa shape index (κ1) is 58.6. The lowest BCUT2D eigenvalue weighted by molar-refractivity contribution is -0.142. The maximum absolute atomic E-state index is 13.9. The van der Waals surface area contributed by atoms with E-state index in [1.165, 1.54) is 0 Å². The summed E-state index contributed by atoms with van der Waals surface area (Å²) in [7, 11) is 0. The van der Waals surface area contributed by atoms with Gasteiger partial charge in [-0.15, -0.1) is 0 Å². The number of aliphatic imine (C=N–C) groups is 3. The van der Waals surface area contributed by atoms with Crippen LogP contribution in [0.2, 0.25) is 0 Å². The molecule has 0 aromatic heterocycles. The predicted molar refractivity (Wildman–Crippen MR) is 246 cm³/mol. The van der Waals surface area contributed by atoms with Gasteiger partial charge in [-0.1, -0.05) is 41.5 Å². The van der Waals surface area contributed by atoms with E-state index in [2.05, 4.69) is 52.2 Å². The summed E-state index contributed by atoms with van der Waals surface area (Å²) in [4.78, 5) is 116. The fourth-order valence-electron chi connectivity index (χ4n) is 5.54. The zero-order chi connectivity index (χ0) is 49.8. The highest BCUT2D eigenvalue weighted by Crippen LogP contribution is 2.20. The minimum atomic E-state index is -1.32. The van der Waals surface area contributed by atoms with Crippen molar-refractivity contribution in [2.75, 3.05) is 39.3 Å². The third-order valence-corrected chi connectivity index (χ3v) is 10.4. The average molecular weight is 925 g/mol. The lowest BCUT2D eigenvalue weighted by Gasteiger charge is -2.26. The van der Waals surface area contributed by atoms with E-state index >= 15 is 0 Å². The van der Waals surface area contributed by atoms with Crippen LogP contribution in [0.5, 0.6) is 0 Å². The van der Waals surface area contributed by atoms with Crippen molar-refractivity contribution in [1.29, 1.82) is 0 Å². The number of rotatable bonds is 33. The standard InChI is InChI=1S/C40H76N16O9/c1-7-39(3,4)34(64)47-18-10-9-14-27(33(62)63)54-28(57)22-51-30(59)24(15-11-19-48-36(41)42)55-32(61)26(17-13-21-50-38(45)46)56-31(60)25(16-12-20-49-37(43)44)53-29(58)23-52-35(65)40(5,6)8-2/h24-27H,7-23H2,1-6H3,(H,47,64)(H,51,59)(H,52,65)(H,53,58)(H,54,57)(H,55,61)(H,56,60)(H,62,63)(H4,41,42,48)(H4,43,44,49)(H4,45,46,50). The molecule has 25 heteroatoms. The maximum atomic E-state index is 13.9. The van der Waals surface area contributed by atoms with E-state index in [1.54, 1.807) is 13.8 Å². The summed E-state index contributed by atoms with van der Waals surface area (Å²) in [6, 6.07) is -5.15. The Hall–Kier alpha value is -6.43. The number of nitrogens with zero attached hydrogens (tertiary/aromatic N) is 3. The van der Waals surface area contributed by atoms with Crippen LogP contribution in [0, 0.1) is 10.8 Å². The second-order valence-corrected chi connectivity index (χ2v) is 16.7. The monoisotopic (exact) mass is 925 g/mol. The number of hydrogen-bond acceptors (Lipinski definition) is 11. The number of aliphatic carboxylic acids is 1. The largest absolute Gasteiger partial charge is 0.480 e. The van der Waals surface area contributed by atoms with E-state index in [4.69, 9.17) is 34.4 Å². The number of amides is 7. The molecular formula is C40H76N16O9. The van der Waals surface area contributed by atoms with Crippen molar-refractivity contribution in [3.8, 4) is 0 Å². The quantitative estimate of drug-likeness (QED) is 0.0173. The Morgan fingerprint density at radius 3 is 1.23 bits per heavy atom. The maximum Gasteiger partial charge on any atom is 0.326 e. The number of carboxylic acid groups (broad SMARTS) is 1. The third-order valence-electron chi connectivity index (χ3n) is 10.4. The second kappa shape index (κ2) is 30.6. The number of hydrogen-bond donors (Lipinski definition) is 14. The van der Waals surface area contributed by atoms with Crippen LogP contribution in [0.25, 0.3) is 0 Å². The van der Waals surface area contributed by atoms with Gasteiger partial charge in [-0.3, -0.25) is 48.5 Å². The van der Waals surface area contributed by atoms with Gasteiger partial charge in [0.1, 0.15) is 24.2 Å². The van der Waals surface area contributed by atoms with Crippen LogP contribution in [0.1, 0.15) is 112 Å². The fourth-order valence-corrected chi connectivity index (χ4v) is 5.54. The van der Waals surface area contributed by atoms with Crippen molar-refractivity contribution in [3.05, 3.63) is 0 Å². The van der Waals surface area contributed by atoms with E-state index in [1.807, 2.05) is 27.7 Å². The number of guanidine groups is 3. The summed E-state index contributed by atoms with van der Waals surface area (Å²) < 4.78 is 0. The molecule has 0 aliphatic rings. The first-order valence-electron chi connectivity index (χ1n) is 21.8. The van der Waals surface area contributed by atoms with Crippen LogP contribution < -0.4 is 71.6 Å². The number of carbonyl (C=O) groups is 8. The molecule has 0 radical (unpaired) electrons. The molecule has 0 saturated heterocycles. The molecule has 65 heavy (non-hydrogen) atoms. The summed E-state index contributed by atoms with van der Waals surface area (Å²) in [6.07, 6.45) is 2.54. The van der Waals surface area contributed by atoms with E-state index in [0.717, 1.165) is 0 Å². The number of carbonyl (C=O) groups excluding carboxylic acids is 7. The van der Waals surface area contributed by atoms with Gasteiger partial charge in [0.25, 0.3) is 0 Å². The molecule has 0 aromatic carbocycles. The van der Waals surface area contributed by atoms with Gasteiger partial charge < -0.3 is 76.7 Å². The fraction of sp³-hybridized carbons (Fsp3) is 0.725. The summed E-state index contributed by atoms with van der Waals surface area (Å²) in [5.74, 6) is -6.32. The number of carboxylic acids is 1. The molecule has 0 aliphatic heterocycles. The highest BCUT2D eigenvalue weighted by Gasteiger charge is 2.31. The summed E-state index contributed by atoms with van der Waals surface area (Å²) >= 11 is 0. The van der Waals surface area contributed by atoms with Crippen molar-refractivity contribution in [2.24, 2.45) is 60.2 Å². The zero-order valence-corrected chi connectivity index (χ0v) is 38.8. The third kappa shape index (κ3) is 26.1. The molecule has 370 valence electrons. The van der Waals surface area contributed by atoms with Gasteiger partial charge in [0.2, 0.25) is 41.4 Å². The Bertz CT molecular complexity index is 1670. The smallest absolute Gasteiger partial charge is 0.326 e. The Labute approximate surface area is 381 Å². The molecule has 0 spiro atoms. The Morgan fingerprint density at radius 2 is 0.831 bits per heavy atom. The first-order valence-corrected chi connectivity index (χ1v) is 21.8. The van der Waals surface area contributed by atoms with Gasteiger partial charge in [0, 0.05) is 37.0 Å². The summed E-state index contributed by atoms with van der Waals surface area (Å²) in [6.45, 7) is 10.3. The van der Waals surface area contributed by atoms with E-state index in [9.17, 15) is 43.5 Å². The lowest BCUT2D eigenvalue weighted by Crippen LogP contribution is -2.57. The zero-order valence-electron chi connectivity index (χ0n) is 38.8. The van der Waals surface area contributed by atoms with Gasteiger partial charge in [0.15, 0.2) is 17.9 Å². The minimum Gasteiger partial charge on any atom is -0.480 e. The molecule has 7 amide bonds. The van der Waals surface area contributed by atoms with Crippen molar-refractivity contribution in [3.63, 3.8) is 0 Å². The Balaban J connectivity index is 6.15. The van der Waals surface area contributed by atoms with E-state index < -0.39 is 83.6 Å². The number of nitrogens with one attached hydrogen (secondary N) is 7. The second-order valence-electron chi connectivity index (χ2n) is 16.7. The molecule has 0 rings (SSSR count).